The molecule has 0 unspecified atom stereocenters. The summed E-state index contributed by atoms with van der Waals surface area (Å²) in [4.78, 5) is 12.1. The normalized spacial score (nSPS) is 11.4. The van der Waals surface area contributed by atoms with Crippen molar-refractivity contribution in [2.24, 2.45) is 5.41 Å². The van der Waals surface area contributed by atoms with E-state index < -0.39 is 0 Å². The Morgan fingerprint density at radius 2 is 2.11 bits per heavy atom. The third-order valence-corrected chi connectivity index (χ3v) is 3.80. The highest BCUT2D eigenvalue weighted by atomic mass is 32.2. The number of hydrogen-bond acceptors (Lipinski definition) is 3. The molecule has 0 aliphatic rings. The average Bonchev–Trinajstić information content (AvgIpc) is 2.35. The molecule has 0 aliphatic carbocycles. The van der Waals surface area contributed by atoms with E-state index in [4.69, 9.17) is 5.11 Å². The van der Waals surface area contributed by atoms with E-state index >= 15 is 0 Å². The van der Waals surface area contributed by atoms with Crippen LogP contribution >= 0.6 is 11.8 Å². The molecule has 0 heterocycles. The number of amides is 1. The molecule has 5 heteroatoms. The van der Waals surface area contributed by atoms with Crippen molar-refractivity contribution in [1.29, 1.82) is 0 Å². The Hall–Kier alpha value is -1.07. The van der Waals surface area contributed by atoms with Crippen LogP contribution in [-0.2, 0) is 4.79 Å². The predicted molar refractivity (Wildman–Crippen MR) is 75.6 cm³/mol. The summed E-state index contributed by atoms with van der Waals surface area (Å²) >= 11 is 1.18. The minimum absolute atomic E-state index is 0.104. The minimum Gasteiger partial charge on any atom is -0.396 e. The summed E-state index contributed by atoms with van der Waals surface area (Å²) in [6.45, 7) is 4.57. The molecule has 0 radical (unpaired) electrons. The maximum absolute atomic E-state index is 13.3. The molecular weight excluding hydrogens is 265 g/mol. The number of nitrogens with one attached hydrogen (secondary N) is 1. The Morgan fingerprint density at radius 1 is 1.42 bits per heavy atom. The Morgan fingerprint density at radius 3 is 2.74 bits per heavy atom. The van der Waals surface area contributed by atoms with Crippen LogP contribution < -0.4 is 5.32 Å². The number of aliphatic hydroxyl groups excluding tert-OH is 1. The molecule has 19 heavy (non-hydrogen) atoms. The molecule has 1 aromatic carbocycles. The lowest BCUT2D eigenvalue weighted by Gasteiger charge is -2.23. The summed E-state index contributed by atoms with van der Waals surface area (Å²) in [5, 5.41) is 11.7. The fourth-order valence-electron chi connectivity index (χ4n) is 1.49. The minimum atomic E-state index is -0.305. The van der Waals surface area contributed by atoms with Crippen molar-refractivity contribution in [3.63, 3.8) is 0 Å². The van der Waals surface area contributed by atoms with Crippen molar-refractivity contribution >= 4 is 17.7 Å². The second kappa shape index (κ2) is 7.50. The van der Waals surface area contributed by atoms with Crippen molar-refractivity contribution in [2.75, 3.05) is 18.9 Å². The third kappa shape index (κ3) is 6.07. The maximum atomic E-state index is 13.3. The summed E-state index contributed by atoms with van der Waals surface area (Å²) in [6.07, 6.45) is 0.633. The molecule has 0 atom stereocenters. The van der Waals surface area contributed by atoms with E-state index in [1.165, 1.54) is 17.8 Å². The fraction of sp³-hybridized carbons (Fsp3) is 0.500. The van der Waals surface area contributed by atoms with Crippen LogP contribution in [0.15, 0.2) is 29.2 Å². The van der Waals surface area contributed by atoms with Gasteiger partial charge >= 0.3 is 0 Å². The van der Waals surface area contributed by atoms with Crippen molar-refractivity contribution in [3.8, 4) is 0 Å². The van der Waals surface area contributed by atoms with Gasteiger partial charge in [0.15, 0.2) is 0 Å². The lowest BCUT2D eigenvalue weighted by molar-refractivity contribution is -0.119. The molecule has 1 amide bonds. The van der Waals surface area contributed by atoms with E-state index in [2.05, 4.69) is 5.32 Å². The molecule has 0 aliphatic heterocycles. The fourth-order valence-corrected chi connectivity index (χ4v) is 2.25. The molecule has 1 aromatic rings. The van der Waals surface area contributed by atoms with Gasteiger partial charge in [-0.1, -0.05) is 26.0 Å². The number of halogens is 1. The number of carbonyl (C=O) groups is 1. The van der Waals surface area contributed by atoms with E-state index in [0.717, 1.165) is 0 Å². The van der Waals surface area contributed by atoms with Gasteiger partial charge in [-0.05, 0) is 24.0 Å². The van der Waals surface area contributed by atoms with Crippen LogP contribution in [0.3, 0.4) is 0 Å². The zero-order valence-electron chi connectivity index (χ0n) is 11.3. The molecule has 1 rings (SSSR count). The SMILES string of the molecule is CC(C)(CCO)CNC(=O)CSc1ccccc1F. The first-order valence-electron chi connectivity index (χ1n) is 6.19. The molecule has 2 N–H and O–H groups in total. The molecule has 0 saturated carbocycles. The van der Waals surface area contributed by atoms with Crippen molar-refractivity contribution in [1.82, 2.24) is 5.32 Å². The average molecular weight is 285 g/mol. The zero-order valence-corrected chi connectivity index (χ0v) is 12.1. The molecule has 0 fully saturated rings. The largest absolute Gasteiger partial charge is 0.396 e. The summed E-state index contributed by atoms with van der Waals surface area (Å²) in [7, 11) is 0. The van der Waals surface area contributed by atoms with Crippen LogP contribution in [-0.4, -0.2) is 29.9 Å². The Labute approximate surface area is 117 Å². The Balaban J connectivity index is 2.35. The van der Waals surface area contributed by atoms with Crippen LogP contribution in [0.5, 0.6) is 0 Å². The molecule has 0 saturated heterocycles. The molecule has 0 bridgehead atoms. The summed E-state index contributed by atoms with van der Waals surface area (Å²) in [5.41, 5.74) is -0.132. The van der Waals surface area contributed by atoms with E-state index in [0.29, 0.717) is 17.9 Å². The summed E-state index contributed by atoms with van der Waals surface area (Å²) in [6, 6.07) is 6.40. The summed E-state index contributed by atoms with van der Waals surface area (Å²) < 4.78 is 13.3. The van der Waals surface area contributed by atoms with Crippen molar-refractivity contribution < 1.29 is 14.3 Å². The first kappa shape index (κ1) is 16.0. The Kier molecular flexibility index (Phi) is 6.31. The van der Waals surface area contributed by atoms with Gasteiger partial charge in [0.1, 0.15) is 5.82 Å². The molecule has 3 nitrogen and oxygen atoms in total. The lowest BCUT2D eigenvalue weighted by Crippen LogP contribution is -2.35. The number of thioether (sulfide) groups is 1. The number of rotatable bonds is 7. The van der Waals surface area contributed by atoms with Gasteiger partial charge in [0.05, 0.1) is 5.75 Å². The van der Waals surface area contributed by atoms with Crippen LogP contribution in [0.4, 0.5) is 4.39 Å². The first-order chi connectivity index (χ1) is 8.94. The second-order valence-electron chi connectivity index (χ2n) is 5.13. The standard InChI is InChI=1S/C14H20FNO2S/c1-14(2,7-8-17)10-16-13(18)9-19-12-6-4-3-5-11(12)15/h3-6,17H,7-10H2,1-2H3,(H,16,18). The summed E-state index contributed by atoms with van der Waals surface area (Å²) in [5.74, 6) is -0.240. The highest BCUT2D eigenvalue weighted by Gasteiger charge is 2.18. The van der Waals surface area contributed by atoms with Gasteiger partial charge in [-0.2, -0.15) is 0 Å². The van der Waals surface area contributed by atoms with E-state index in [1.807, 2.05) is 13.8 Å². The van der Waals surface area contributed by atoms with Gasteiger partial charge in [-0.15, -0.1) is 11.8 Å². The van der Waals surface area contributed by atoms with E-state index in [9.17, 15) is 9.18 Å². The zero-order chi connectivity index (χ0) is 14.3. The van der Waals surface area contributed by atoms with E-state index in [1.54, 1.807) is 18.2 Å². The van der Waals surface area contributed by atoms with Gasteiger partial charge in [0, 0.05) is 18.0 Å². The molecular formula is C14H20FNO2S. The molecule has 106 valence electrons. The van der Waals surface area contributed by atoms with E-state index in [-0.39, 0.29) is 29.5 Å². The van der Waals surface area contributed by atoms with Crippen LogP contribution in [0.2, 0.25) is 0 Å². The van der Waals surface area contributed by atoms with Gasteiger partial charge in [0.25, 0.3) is 0 Å². The first-order valence-corrected chi connectivity index (χ1v) is 7.18. The van der Waals surface area contributed by atoms with Crippen LogP contribution in [0.1, 0.15) is 20.3 Å². The predicted octanol–water partition coefficient (Wildman–Crippen LogP) is 2.44. The van der Waals surface area contributed by atoms with Crippen LogP contribution in [0, 0.1) is 11.2 Å². The van der Waals surface area contributed by atoms with Gasteiger partial charge in [-0.3, -0.25) is 4.79 Å². The maximum Gasteiger partial charge on any atom is 0.230 e. The van der Waals surface area contributed by atoms with Crippen LogP contribution in [0.25, 0.3) is 0 Å². The highest BCUT2D eigenvalue weighted by Crippen LogP contribution is 2.21. The monoisotopic (exact) mass is 285 g/mol. The van der Waals surface area contributed by atoms with Crippen molar-refractivity contribution in [2.45, 2.75) is 25.2 Å². The highest BCUT2D eigenvalue weighted by molar-refractivity contribution is 8.00. The third-order valence-electron chi connectivity index (χ3n) is 2.75. The number of hydrogen-bond donors (Lipinski definition) is 2. The quantitative estimate of drug-likeness (QED) is 0.757. The van der Waals surface area contributed by atoms with Gasteiger partial charge < -0.3 is 10.4 Å². The molecule has 0 spiro atoms. The number of benzene rings is 1. The topological polar surface area (TPSA) is 49.3 Å². The number of aliphatic hydroxyl groups is 1. The number of carbonyl (C=O) groups excluding carboxylic acids is 1. The lowest BCUT2D eigenvalue weighted by atomic mass is 9.90. The Bertz CT molecular complexity index is 424. The smallest absolute Gasteiger partial charge is 0.230 e. The molecule has 0 aromatic heterocycles. The second-order valence-corrected chi connectivity index (χ2v) is 6.15. The van der Waals surface area contributed by atoms with Gasteiger partial charge in [0.2, 0.25) is 5.91 Å². The van der Waals surface area contributed by atoms with Gasteiger partial charge in [-0.25, -0.2) is 4.39 Å². The van der Waals surface area contributed by atoms with Crippen molar-refractivity contribution in [3.05, 3.63) is 30.1 Å².